The number of hydrogen-bond donors (Lipinski definition) is 0. The molecule has 0 aliphatic carbocycles. The van der Waals surface area contributed by atoms with Crippen LogP contribution >= 0.6 is 11.3 Å². The first-order chi connectivity index (χ1) is 36.6. The van der Waals surface area contributed by atoms with Gasteiger partial charge in [0.2, 0.25) is 0 Å². The molecule has 7 nitrogen and oxygen atoms in total. The SMILES string of the molecule is c1ccc(-c2nc(-c3ccccc3)nc(-c3cccc(-c4ccc5c(c4)c4cc(-c6ccc7sc8cccc(-c9nc(-c%10ccccc%10)nc(-c%10ccccc%10)n9)c8c7c6)ccc4n5-c4ccccc4)c3)n2)cc1. The van der Waals surface area contributed by atoms with Gasteiger partial charge in [0.05, 0.1) is 11.0 Å². The topological polar surface area (TPSA) is 82.3 Å². The van der Waals surface area contributed by atoms with Crippen LogP contribution in [0, 0.1) is 0 Å². The highest BCUT2D eigenvalue weighted by Crippen LogP contribution is 2.43. The molecule has 0 radical (unpaired) electrons. The Labute approximate surface area is 430 Å². The third kappa shape index (κ3) is 7.78. The van der Waals surface area contributed by atoms with E-state index in [9.17, 15) is 0 Å². The highest BCUT2D eigenvalue weighted by atomic mass is 32.1. The minimum atomic E-state index is 0.621. The van der Waals surface area contributed by atoms with Crippen molar-refractivity contribution in [3.05, 3.63) is 249 Å². The number of nitrogens with zero attached hydrogens (tertiary/aromatic N) is 7. The first-order valence-corrected chi connectivity index (χ1v) is 25.4. The number of rotatable bonds is 9. The molecular formula is C66H41N7S. The summed E-state index contributed by atoms with van der Waals surface area (Å²) in [6, 6.07) is 86.7. The number of hydrogen-bond acceptors (Lipinski definition) is 7. The molecule has 0 N–H and O–H groups in total. The number of benzene rings is 10. The Balaban J connectivity index is 0.901. The summed E-state index contributed by atoms with van der Waals surface area (Å²) in [4.78, 5) is 30.3. The van der Waals surface area contributed by atoms with E-state index in [0.717, 1.165) is 83.1 Å². The van der Waals surface area contributed by atoms with Gasteiger partial charge in [-0.15, -0.1) is 11.3 Å². The fraction of sp³-hybridized carbons (Fsp3) is 0. The fourth-order valence-electron chi connectivity index (χ4n) is 10.1. The second kappa shape index (κ2) is 18.1. The van der Waals surface area contributed by atoms with E-state index in [-0.39, 0.29) is 0 Å². The molecule has 0 saturated carbocycles. The maximum atomic E-state index is 5.16. The van der Waals surface area contributed by atoms with Crippen LogP contribution in [0.5, 0.6) is 0 Å². The quantitative estimate of drug-likeness (QED) is 0.143. The summed E-state index contributed by atoms with van der Waals surface area (Å²) < 4.78 is 4.76. The molecule has 8 heteroatoms. The Hall–Kier alpha value is -9.76. The Kier molecular flexibility index (Phi) is 10.6. The van der Waals surface area contributed by atoms with Gasteiger partial charge < -0.3 is 4.57 Å². The second-order valence-electron chi connectivity index (χ2n) is 18.3. The summed E-state index contributed by atoms with van der Waals surface area (Å²) in [6.07, 6.45) is 0. The average Bonchev–Trinajstić information content (AvgIpc) is 4.04. The van der Waals surface area contributed by atoms with Crippen molar-refractivity contribution in [2.24, 2.45) is 0 Å². The molecular weight excluding hydrogens is 923 g/mol. The van der Waals surface area contributed by atoms with Gasteiger partial charge in [0.15, 0.2) is 34.9 Å². The molecule has 0 fully saturated rings. The van der Waals surface area contributed by atoms with Crippen molar-refractivity contribution in [1.82, 2.24) is 34.5 Å². The lowest BCUT2D eigenvalue weighted by Gasteiger charge is -2.10. The van der Waals surface area contributed by atoms with Gasteiger partial charge >= 0.3 is 0 Å². The molecule has 10 aromatic carbocycles. The predicted octanol–water partition coefficient (Wildman–Crippen LogP) is 16.9. The van der Waals surface area contributed by atoms with E-state index in [4.69, 9.17) is 29.9 Å². The van der Waals surface area contributed by atoms with Crippen LogP contribution in [0.2, 0.25) is 0 Å². The summed E-state index contributed by atoms with van der Waals surface area (Å²) in [5.41, 5.74) is 13.5. The number of aromatic nitrogens is 7. The maximum Gasteiger partial charge on any atom is 0.164 e. The van der Waals surface area contributed by atoms with Crippen LogP contribution < -0.4 is 0 Å². The molecule has 0 unspecified atom stereocenters. The fourth-order valence-corrected chi connectivity index (χ4v) is 11.2. The van der Waals surface area contributed by atoms with Crippen LogP contribution in [-0.4, -0.2) is 34.5 Å². The van der Waals surface area contributed by atoms with Crippen molar-refractivity contribution in [1.29, 1.82) is 0 Å². The van der Waals surface area contributed by atoms with Crippen LogP contribution in [0.3, 0.4) is 0 Å². The van der Waals surface area contributed by atoms with Crippen molar-refractivity contribution < 1.29 is 0 Å². The molecule has 4 aromatic heterocycles. The van der Waals surface area contributed by atoms with Gasteiger partial charge in [-0.25, -0.2) is 29.9 Å². The Morgan fingerprint density at radius 3 is 1.14 bits per heavy atom. The Morgan fingerprint density at radius 1 is 0.257 bits per heavy atom. The molecule has 346 valence electrons. The first-order valence-electron chi connectivity index (χ1n) is 24.6. The molecule has 74 heavy (non-hydrogen) atoms. The van der Waals surface area contributed by atoms with Crippen LogP contribution in [0.15, 0.2) is 249 Å². The zero-order valence-corrected chi connectivity index (χ0v) is 40.5. The molecule has 0 atom stereocenters. The van der Waals surface area contributed by atoms with Crippen molar-refractivity contribution in [3.8, 4) is 96.3 Å². The van der Waals surface area contributed by atoms with Gasteiger partial charge in [-0.05, 0) is 82.9 Å². The summed E-state index contributed by atoms with van der Waals surface area (Å²) >= 11 is 1.79. The van der Waals surface area contributed by atoms with E-state index in [0.29, 0.717) is 34.9 Å². The highest BCUT2D eigenvalue weighted by Gasteiger charge is 2.20. The van der Waals surface area contributed by atoms with E-state index in [2.05, 4.69) is 156 Å². The van der Waals surface area contributed by atoms with Crippen molar-refractivity contribution in [2.75, 3.05) is 0 Å². The molecule has 0 amide bonds. The Morgan fingerprint density at radius 2 is 0.635 bits per heavy atom. The maximum absolute atomic E-state index is 5.16. The average molecular weight is 964 g/mol. The molecule has 4 heterocycles. The van der Waals surface area contributed by atoms with E-state index in [1.807, 2.05) is 97.1 Å². The molecule has 0 spiro atoms. The van der Waals surface area contributed by atoms with Gasteiger partial charge in [-0.2, -0.15) is 0 Å². The van der Waals surface area contributed by atoms with Gasteiger partial charge in [0.1, 0.15) is 0 Å². The van der Waals surface area contributed by atoms with E-state index >= 15 is 0 Å². The third-order valence-corrected chi connectivity index (χ3v) is 14.8. The highest BCUT2D eigenvalue weighted by molar-refractivity contribution is 7.26. The van der Waals surface area contributed by atoms with Crippen LogP contribution in [0.1, 0.15) is 0 Å². The first kappa shape index (κ1) is 43.1. The van der Waals surface area contributed by atoms with E-state index < -0.39 is 0 Å². The third-order valence-electron chi connectivity index (χ3n) is 13.7. The minimum absolute atomic E-state index is 0.621. The minimum Gasteiger partial charge on any atom is -0.309 e. The van der Waals surface area contributed by atoms with Gasteiger partial charge in [0.25, 0.3) is 0 Å². The molecule has 0 saturated heterocycles. The van der Waals surface area contributed by atoms with Crippen LogP contribution in [0.4, 0.5) is 0 Å². The smallest absolute Gasteiger partial charge is 0.164 e. The summed E-state index contributed by atoms with van der Waals surface area (Å²) in [5, 5.41) is 4.63. The van der Waals surface area contributed by atoms with E-state index in [1.54, 1.807) is 11.3 Å². The molecule has 14 aromatic rings. The molecule has 0 bridgehead atoms. The molecule has 0 aliphatic rings. The standard InChI is InChI=1S/C66H41N7S/c1-6-18-42(19-7-1)61-67-62(43-20-8-2-9-21-43)70-65(69-61)50-27-16-26-46(38-50)47-32-35-56-53(39-47)54-40-48(33-36-57(54)73(56)51-28-14-5-15-29-51)49-34-37-58-55(41-49)60-52(30-17-31-59(60)74-58)66-71-63(44-22-10-3-11-23-44)68-64(72-66)45-24-12-4-13-25-45/h1-41H. The lowest BCUT2D eigenvalue weighted by atomic mass is 9.98. The zero-order chi connectivity index (χ0) is 49.0. The number of fused-ring (bicyclic) bond motifs is 6. The summed E-state index contributed by atoms with van der Waals surface area (Å²) in [6.45, 7) is 0. The summed E-state index contributed by atoms with van der Waals surface area (Å²) in [7, 11) is 0. The largest absolute Gasteiger partial charge is 0.309 e. The summed E-state index contributed by atoms with van der Waals surface area (Å²) in [5.74, 6) is 3.82. The molecule has 14 rings (SSSR count). The van der Waals surface area contributed by atoms with Crippen molar-refractivity contribution in [2.45, 2.75) is 0 Å². The van der Waals surface area contributed by atoms with Gasteiger partial charge in [-0.3, -0.25) is 0 Å². The second-order valence-corrected chi connectivity index (χ2v) is 19.4. The lowest BCUT2D eigenvalue weighted by Crippen LogP contribution is -2.00. The van der Waals surface area contributed by atoms with Crippen LogP contribution in [0.25, 0.3) is 138 Å². The number of para-hydroxylation sites is 1. The van der Waals surface area contributed by atoms with Crippen molar-refractivity contribution in [3.63, 3.8) is 0 Å². The normalized spacial score (nSPS) is 11.5. The monoisotopic (exact) mass is 963 g/mol. The van der Waals surface area contributed by atoms with Crippen molar-refractivity contribution >= 4 is 53.3 Å². The predicted molar refractivity (Wildman–Crippen MR) is 304 cm³/mol. The zero-order valence-electron chi connectivity index (χ0n) is 39.7. The number of thiophene rings is 1. The Bertz CT molecular complexity index is 4290. The lowest BCUT2D eigenvalue weighted by molar-refractivity contribution is 1.07. The van der Waals surface area contributed by atoms with Gasteiger partial charge in [-0.1, -0.05) is 188 Å². The van der Waals surface area contributed by atoms with E-state index in [1.165, 1.54) is 20.2 Å². The van der Waals surface area contributed by atoms with Crippen LogP contribution in [-0.2, 0) is 0 Å². The van der Waals surface area contributed by atoms with Gasteiger partial charge in [0, 0.05) is 70.0 Å². The molecule has 0 aliphatic heterocycles.